The topological polar surface area (TPSA) is 15.3 Å². The molecule has 1 aromatic rings. The summed E-state index contributed by atoms with van der Waals surface area (Å²) in [6.07, 6.45) is 5.12. The van der Waals surface area contributed by atoms with Crippen molar-refractivity contribution in [3.8, 4) is 0 Å². The number of nitrogens with one attached hydrogen (secondary N) is 1. The van der Waals surface area contributed by atoms with Crippen molar-refractivity contribution in [2.24, 2.45) is 5.92 Å². The Balaban J connectivity index is 1.92. The maximum Gasteiger partial charge on any atom is 0.0292 e. The van der Waals surface area contributed by atoms with E-state index in [1.165, 1.54) is 31.2 Å². The summed E-state index contributed by atoms with van der Waals surface area (Å²) in [5.41, 5.74) is 4.59. The van der Waals surface area contributed by atoms with Gasteiger partial charge >= 0.3 is 0 Å². The van der Waals surface area contributed by atoms with Gasteiger partial charge in [-0.15, -0.1) is 0 Å². The van der Waals surface area contributed by atoms with Crippen molar-refractivity contribution in [2.75, 3.05) is 20.6 Å². The summed E-state index contributed by atoms with van der Waals surface area (Å²) in [5, 5.41) is 3.74. The van der Waals surface area contributed by atoms with Crippen LogP contribution in [-0.2, 0) is 12.8 Å². The minimum absolute atomic E-state index is 0.436. The molecule has 0 amide bonds. The Kier molecular flexibility index (Phi) is 5.83. The molecule has 1 aliphatic carbocycles. The van der Waals surface area contributed by atoms with Gasteiger partial charge in [-0.3, -0.25) is 0 Å². The van der Waals surface area contributed by atoms with Crippen LogP contribution in [0.2, 0.25) is 0 Å². The van der Waals surface area contributed by atoms with E-state index in [-0.39, 0.29) is 0 Å². The Morgan fingerprint density at radius 3 is 2.48 bits per heavy atom. The number of hydrogen-bond donors (Lipinski definition) is 1. The second-order valence-corrected chi connectivity index (χ2v) is 7.26. The largest absolute Gasteiger partial charge is 0.309 e. The fourth-order valence-corrected chi connectivity index (χ4v) is 3.31. The van der Waals surface area contributed by atoms with Gasteiger partial charge in [0.25, 0.3) is 0 Å². The predicted octanol–water partition coefficient (Wildman–Crippen LogP) is 3.80. The number of benzene rings is 1. The predicted molar refractivity (Wildman–Crippen MR) is 91.8 cm³/mol. The standard InChI is InChI=1S/C19H32N2/c1-14(2)11-19(21(4)5)13-20-15(3)17-10-9-16-7-6-8-18(16)12-17/h9-10,12,14-15,19-20H,6-8,11,13H2,1-5H3. The SMILES string of the molecule is CC(C)CC(CNC(C)c1ccc2c(c1)CCC2)N(C)C. The Morgan fingerprint density at radius 1 is 1.10 bits per heavy atom. The van der Waals surface area contributed by atoms with Crippen molar-refractivity contribution in [3.63, 3.8) is 0 Å². The highest BCUT2D eigenvalue weighted by atomic mass is 15.1. The van der Waals surface area contributed by atoms with Crippen molar-refractivity contribution in [3.05, 3.63) is 34.9 Å². The van der Waals surface area contributed by atoms with Crippen LogP contribution >= 0.6 is 0 Å². The molecular formula is C19H32N2. The van der Waals surface area contributed by atoms with Crippen LogP contribution < -0.4 is 5.32 Å². The number of fused-ring (bicyclic) bond motifs is 1. The summed E-state index contributed by atoms with van der Waals surface area (Å²) in [6.45, 7) is 7.96. The molecule has 0 spiro atoms. The number of hydrogen-bond acceptors (Lipinski definition) is 2. The van der Waals surface area contributed by atoms with E-state index in [4.69, 9.17) is 0 Å². The Bertz CT molecular complexity index is 451. The molecule has 1 N–H and O–H groups in total. The van der Waals surface area contributed by atoms with Gasteiger partial charge in [0, 0.05) is 18.6 Å². The average molecular weight is 288 g/mol. The maximum atomic E-state index is 3.74. The second kappa shape index (κ2) is 7.42. The summed E-state index contributed by atoms with van der Waals surface area (Å²) in [4.78, 5) is 2.35. The first kappa shape index (κ1) is 16.5. The first-order chi connectivity index (χ1) is 9.97. The summed E-state index contributed by atoms with van der Waals surface area (Å²) >= 11 is 0. The van der Waals surface area contributed by atoms with Crippen LogP contribution in [0.25, 0.3) is 0 Å². The molecule has 2 atom stereocenters. The van der Waals surface area contributed by atoms with E-state index in [2.05, 4.69) is 63.3 Å². The maximum absolute atomic E-state index is 3.74. The van der Waals surface area contributed by atoms with Crippen LogP contribution in [-0.4, -0.2) is 31.6 Å². The van der Waals surface area contributed by atoms with Gasteiger partial charge in [0.1, 0.15) is 0 Å². The van der Waals surface area contributed by atoms with E-state index < -0.39 is 0 Å². The molecule has 1 aliphatic rings. The third-order valence-electron chi connectivity index (χ3n) is 4.76. The van der Waals surface area contributed by atoms with Crippen LogP contribution in [0.4, 0.5) is 0 Å². The number of likely N-dealkylation sites (N-methyl/N-ethyl adjacent to an activating group) is 1. The van der Waals surface area contributed by atoms with E-state index in [1.807, 2.05) is 0 Å². The number of nitrogens with zero attached hydrogens (tertiary/aromatic N) is 1. The number of rotatable bonds is 7. The van der Waals surface area contributed by atoms with Gasteiger partial charge < -0.3 is 10.2 Å². The molecule has 0 saturated carbocycles. The Hall–Kier alpha value is -0.860. The van der Waals surface area contributed by atoms with Crippen LogP contribution in [0.15, 0.2) is 18.2 Å². The Morgan fingerprint density at radius 2 is 1.81 bits per heavy atom. The zero-order chi connectivity index (χ0) is 15.4. The molecule has 2 rings (SSSR count). The quantitative estimate of drug-likeness (QED) is 0.821. The summed E-state index contributed by atoms with van der Waals surface area (Å²) in [5.74, 6) is 0.745. The van der Waals surface area contributed by atoms with Crippen LogP contribution in [0.1, 0.15) is 56.3 Å². The van der Waals surface area contributed by atoms with E-state index in [1.54, 1.807) is 11.1 Å². The van der Waals surface area contributed by atoms with Gasteiger partial charge in [0.15, 0.2) is 0 Å². The van der Waals surface area contributed by atoms with Crippen molar-refractivity contribution in [1.29, 1.82) is 0 Å². The van der Waals surface area contributed by atoms with Crippen LogP contribution in [0.3, 0.4) is 0 Å². The lowest BCUT2D eigenvalue weighted by molar-refractivity contribution is 0.242. The molecule has 0 aliphatic heterocycles. The van der Waals surface area contributed by atoms with E-state index in [0.717, 1.165) is 12.5 Å². The highest BCUT2D eigenvalue weighted by molar-refractivity contribution is 5.36. The summed E-state index contributed by atoms with van der Waals surface area (Å²) in [7, 11) is 4.38. The fraction of sp³-hybridized carbons (Fsp3) is 0.684. The van der Waals surface area contributed by atoms with Crippen molar-refractivity contribution in [1.82, 2.24) is 10.2 Å². The van der Waals surface area contributed by atoms with Gasteiger partial charge in [0.05, 0.1) is 0 Å². The van der Waals surface area contributed by atoms with Gasteiger partial charge in [-0.1, -0.05) is 32.0 Å². The lowest BCUT2D eigenvalue weighted by Crippen LogP contribution is -2.39. The fourth-order valence-electron chi connectivity index (χ4n) is 3.31. The molecule has 2 nitrogen and oxygen atoms in total. The minimum Gasteiger partial charge on any atom is -0.309 e. The molecule has 118 valence electrons. The number of aryl methyl sites for hydroxylation is 2. The molecular weight excluding hydrogens is 256 g/mol. The zero-order valence-electron chi connectivity index (χ0n) is 14.4. The van der Waals surface area contributed by atoms with Gasteiger partial charge in [-0.25, -0.2) is 0 Å². The van der Waals surface area contributed by atoms with Crippen LogP contribution in [0, 0.1) is 5.92 Å². The van der Waals surface area contributed by atoms with Gasteiger partial charge in [-0.2, -0.15) is 0 Å². The molecule has 1 aromatic carbocycles. The molecule has 0 bridgehead atoms. The molecule has 0 radical (unpaired) electrons. The molecule has 0 heterocycles. The third-order valence-corrected chi connectivity index (χ3v) is 4.76. The van der Waals surface area contributed by atoms with Crippen molar-refractivity contribution < 1.29 is 0 Å². The highest BCUT2D eigenvalue weighted by Crippen LogP contribution is 2.25. The normalized spacial score (nSPS) is 17.3. The smallest absolute Gasteiger partial charge is 0.0292 e. The van der Waals surface area contributed by atoms with E-state index in [9.17, 15) is 0 Å². The average Bonchev–Trinajstić information content (AvgIpc) is 2.89. The summed E-state index contributed by atoms with van der Waals surface area (Å²) in [6, 6.07) is 8.13. The first-order valence-corrected chi connectivity index (χ1v) is 8.49. The lowest BCUT2D eigenvalue weighted by Gasteiger charge is -2.28. The second-order valence-electron chi connectivity index (χ2n) is 7.26. The first-order valence-electron chi connectivity index (χ1n) is 8.49. The monoisotopic (exact) mass is 288 g/mol. The summed E-state index contributed by atoms with van der Waals surface area (Å²) < 4.78 is 0. The molecule has 0 saturated heterocycles. The molecule has 2 unspecified atom stereocenters. The van der Waals surface area contributed by atoms with Gasteiger partial charge in [-0.05, 0) is 69.3 Å². The molecule has 2 heteroatoms. The van der Waals surface area contributed by atoms with Crippen LogP contribution in [0.5, 0.6) is 0 Å². The van der Waals surface area contributed by atoms with Gasteiger partial charge in [0.2, 0.25) is 0 Å². The zero-order valence-corrected chi connectivity index (χ0v) is 14.4. The van der Waals surface area contributed by atoms with E-state index in [0.29, 0.717) is 12.1 Å². The molecule has 21 heavy (non-hydrogen) atoms. The Labute approximate surface area is 130 Å². The third kappa shape index (κ3) is 4.55. The highest BCUT2D eigenvalue weighted by Gasteiger charge is 2.16. The lowest BCUT2D eigenvalue weighted by atomic mass is 10.00. The van der Waals surface area contributed by atoms with Crippen molar-refractivity contribution >= 4 is 0 Å². The minimum atomic E-state index is 0.436. The molecule has 0 fully saturated rings. The van der Waals surface area contributed by atoms with E-state index >= 15 is 0 Å². The molecule has 0 aromatic heterocycles. The van der Waals surface area contributed by atoms with Crippen molar-refractivity contribution in [2.45, 2.75) is 58.5 Å².